The second-order valence-electron chi connectivity index (χ2n) is 5.90. The molecular weight excluding hydrogens is 394 g/mol. The summed E-state index contributed by atoms with van der Waals surface area (Å²) >= 11 is 0. The number of benzene rings is 2. The first-order valence-corrected chi connectivity index (χ1v) is 8.82. The molecule has 0 saturated carbocycles. The average molecular weight is 413 g/mol. The van der Waals surface area contributed by atoms with E-state index >= 15 is 0 Å². The van der Waals surface area contributed by atoms with Gasteiger partial charge in [-0.2, -0.15) is 5.26 Å². The summed E-state index contributed by atoms with van der Waals surface area (Å²) < 4.78 is 15.5. The fourth-order valence-corrected chi connectivity index (χ4v) is 2.49. The number of para-hydroxylation sites is 1. The van der Waals surface area contributed by atoms with Crippen LogP contribution in [-0.2, 0) is 9.53 Å². The minimum atomic E-state index is -1.29. The summed E-state index contributed by atoms with van der Waals surface area (Å²) in [4.78, 5) is 35.5. The topological polar surface area (TPSA) is 141 Å². The predicted octanol–water partition coefficient (Wildman–Crippen LogP) is 3.06. The van der Waals surface area contributed by atoms with Crippen LogP contribution >= 0.6 is 0 Å². The number of amides is 1. The number of nitrogens with one attached hydrogen (secondary N) is 1. The van der Waals surface area contributed by atoms with Gasteiger partial charge in [0.25, 0.3) is 11.6 Å². The molecule has 1 N–H and O–H groups in total. The van der Waals surface area contributed by atoms with E-state index < -0.39 is 28.6 Å². The summed E-state index contributed by atoms with van der Waals surface area (Å²) in [6.07, 6.45) is -1.29. The molecule has 0 radical (unpaired) electrons. The maximum absolute atomic E-state index is 12.6. The number of ether oxygens (including phenoxy) is 3. The van der Waals surface area contributed by atoms with Gasteiger partial charge < -0.3 is 19.5 Å². The van der Waals surface area contributed by atoms with Crippen molar-refractivity contribution < 1.29 is 28.7 Å². The number of nitrogens with zero attached hydrogens (tertiary/aromatic N) is 2. The van der Waals surface area contributed by atoms with Crippen molar-refractivity contribution in [3.63, 3.8) is 0 Å². The molecule has 0 bridgehead atoms. The number of carbonyl (C=O) groups is 2. The van der Waals surface area contributed by atoms with Crippen molar-refractivity contribution in [1.29, 1.82) is 5.26 Å². The molecule has 0 heterocycles. The fraction of sp³-hybridized carbons (Fsp3) is 0.250. The highest BCUT2D eigenvalue weighted by Gasteiger charge is 2.28. The van der Waals surface area contributed by atoms with Gasteiger partial charge in [-0.15, -0.1) is 0 Å². The van der Waals surface area contributed by atoms with E-state index in [1.807, 2.05) is 6.07 Å². The molecular formula is C20H19N3O7. The highest BCUT2D eigenvalue weighted by atomic mass is 16.6. The van der Waals surface area contributed by atoms with Crippen LogP contribution < -0.4 is 14.8 Å². The Labute approximate surface area is 172 Å². The quantitative estimate of drug-likeness (QED) is 0.395. The van der Waals surface area contributed by atoms with Crippen LogP contribution in [-0.4, -0.2) is 36.6 Å². The monoisotopic (exact) mass is 413 g/mol. The van der Waals surface area contributed by atoms with Crippen molar-refractivity contribution in [2.24, 2.45) is 0 Å². The lowest BCUT2D eigenvalue weighted by molar-refractivity contribution is -0.385. The minimum absolute atomic E-state index is 0.0824. The van der Waals surface area contributed by atoms with E-state index in [9.17, 15) is 19.7 Å². The van der Waals surface area contributed by atoms with E-state index in [2.05, 4.69) is 5.32 Å². The van der Waals surface area contributed by atoms with E-state index in [0.29, 0.717) is 0 Å². The van der Waals surface area contributed by atoms with Gasteiger partial charge in [0.05, 0.1) is 36.0 Å². The van der Waals surface area contributed by atoms with Gasteiger partial charge in [0, 0.05) is 6.07 Å². The smallest absolute Gasteiger partial charge is 0.346 e. The van der Waals surface area contributed by atoms with Gasteiger partial charge >= 0.3 is 5.97 Å². The Hall–Kier alpha value is -4.13. The number of anilines is 1. The second-order valence-corrected chi connectivity index (χ2v) is 5.90. The molecule has 0 saturated heterocycles. The molecule has 1 unspecified atom stereocenters. The van der Waals surface area contributed by atoms with Crippen LogP contribution in [0.25, 0.3) is 0 Å². The fourth-order valence-electron chi connectivity index (χ4n) is 2.49. The van der Waals surface area contributed by atoms with Crippen molar-refractivity contribution in [2.45, 2.75) is 20.0 Å². The molecule has 2 aromatic carbocycles. The Morgan fingerprint density at radius 1 is 1.27 bits per heavy atom. The number of rotatable bonds is 8. The number of hydrogen-bond acceptors (Lipinski definition) is 8. The molecule has 1 atom stereocenters. The Kier molecular flexibility index (Phi) is 7.30. The second kappa shape index (κ2) is 9.88. The first-order valence-electron chi connectivity index (χ1n) is 8.82. The number of nitro groups is 1. The summed E-state index contributed by atoms with van der Waals surface area (Å²) in [5.74, 6) is -1.58. The third kappa shape index (κ3) is 5.02. The number of methoxy groups -OCH3 is 1. The summed E-state index contributed by atoms with van der Waals surface area (Å²) in [5.41, 5.74) is -0.456. The Bertz CT molecular complexity index is 1010. The molecule has 156 valence electrons. The lowest BCUT2D eigenvalue weighted by Crippen LogP contribution is -2.30. The first kappa shape index (κ1) is 22.2. The van der Waals surface area contributed by atoms with Crippen LogP contribution in [0.2, 0.25) is 0 Å². The van der Waals surface area contributed by atoms with Gasteiger partial charge in [0.2, 0.25) is 0 Å². The van der Waals surface area contributed by atoms with E-state index in [1.165, 1.54) is 26.2 Å². The SMILES string of the molecule is CCOc1cc(C(=O)OC(C)C(=O)Nc2ccccc2C#N)c([N+](=O)[O-])cc1OC. The zero-order chi connectivity index (χ0) is 22.3. The molecule has 10 heteroatoms. The molecule has 10 nitrogen and oxygen atoms in total. The molecule has 30 heavy (non-hydrogen) atoms. The van der Waals surface area contributed by atoms with E-state index in [1.54, 1.807) is 19.1 Å². The maximum atomic E-state index is 12.6. The van der Waals surface area contributed by atoms with Gasteiger partial charge in [-0.25, -0.2) is 4.79 Å². The third-order valence-electron chi connectivity index (χ3n) is 3.96. The normalized spacial score (nSPS) is 11.0. The van der Waals surface area contributed by atoms with Crippen molar-refractivity contribution in [3.8, 4) is 17.6 Å². The summed E-state index contributed by atoms with van der Waals surface area (Å²) in [5, 5.41) is 23.0. The Morgan fingerprint density at radius 3 is 2.57 bits per heavy atom. The van der Waals surface area contributed by atoms with Gasteiger partial charge in [-0.3, -0.25) is 14.9 Å². The van der Waals surface area contributed by atoms with Crippen LogP contribution in [0.15, 0.2) is 36.4 Å². The minimum Gasteiger partial charge on any atom is -0.493 e. The summed E-state index contributed by atoms with van der Waals surface area (Å²) in [6, 6.07) is 10.4. The largest absolute Gasteiger partial charge is 0.493 e. The van der Waals surface area contributed by atoms with Crippen LogP contribution in [0, 0.1) is 21.4 Å². The van der Waals surface area contributed by atoms with Gasteiger partial charge in [0.1, 0.15) is 11.6 Å². The predicted molar refractivity (Wildman–Crippen MR) is 105 cm³/mol. The zero-order valence-corrected chi connectivity index (χ0v) is 16.5. The number of nitriles is 1. The van der Waals surface area contributed by atoms with E-state index in [0.717, 1.165) is 12.1 Å². The molecule has 2 aromatic rings. The van der Waals surface area contributed by atoms with Crippen molar-refractivity contribution in [1.82, 2.24) is 0 Å². The standard InChI is InChI=1S/C20H19N3O7/c1-4-29-18-9-14(16(23(26)27)10-17(18)28-3)20(25)30-12(2)19(24)22-15-8-6-5-7-13(15)11-21/h5-10,12H,4H2,1-3H3,(H,22,24). The number of esters is 1. The summed E-state index contributed by atoms with van der Waals surface area (Å²) in [6.45, 7) is 3.24. The number of carbonyl (C=O) groups excluding carboxylic acids is 2. The van der Waals surface area contributed by atoms with Crippen LogP contribution in [0.1, 0.15) is 29.8 Å². The molecule has 0 aliphatic carbocycles. The molecule has 0 aliphatic heterocycles. The number of nitro benzene ring substituents is 1. The number of hydrogen-bond donors (Lipinski definition) is 1. The van der Waals surface area contributed by atoms with Crippen LogP contribution in [0.4, 0.5) is 11.4 Å². The van der Waals surface area contributed by atoms with E-state index in [-0.39, 0.29) is 34.9 Å². The van der Waals surface area contributed by atoms with Crippen molar-refractivity contribution in [2.75, 3.05) is 19.0 Å². The molecule has 0 fully saturated rings. The zero-order valence-electron chi connectivity index (χ0n) is 16.5. The summed E-state index contributed by atoms with van der Waals surface area (Å²) in [7, 11) is 1.31. The van der Waals surface area contributed by atoms with Gasteiger partial charge in [-0.1, -0.05) is 12.1 Å². The van der Waals surface area contributed by atoms with Gasteiger partial charge in [-0.05, 0) is 26.0 Å². The lowest BCUT2D eigenvalue weighted by atomic mass is 10.1. The molecule has 2 rings (SSSR count). The molecule has 0 aliphatic rings. The van der Waals surface area contributed by atoms with Crippen LogP contribution in [0.5, 0.6) is 11.5 Å². The first-order chi connectivity index (χ1) is 14.3. The highest BCUT2D eigenvalue weighted by molar-refractivity contribution is 5.99. The Morgan fingerprint density at radius 2 is 1.97 bits per heavy atom. The average Bonchev–Trinajstić information content (AvgIpc) is 2.73. The van der Waals surface area contributed by atoms with Crippen molar-refractivity contribution in [3.05, 3.63) is 57.6 Å². The van der Waals surface area contributed by atoms with Gasteiger partial charge in [0.15, 0.2) is 17.6 Å². The molecule has 0 aromatic heterocycles. The molecule has 0 spiro atoms. The maximum Gasteiger partial charge on any atom is 0.346 e. The van der Waals surface area contributed by atoms with Crippen molar-refractivity contribution >= 4 is 23.3 Å². The lowest BCUT2D eigenvalue weighted by Gasteiger charge is -2.15. The van der Waals surface area contributed by atoms with Crippen LogP contribution in [0.3, 0.4) is 0 Å². The molecule has 1 amide bonds. The third-order valence-corrected chi connectivity index (χ3v) is 3.96. The Balaban J connectivity index is 2.25. The van der Waals surface area contributed by atoms with E-state index in [4.69, 9.17) is 19.5 Å². The highest BCUT2D eigenvalue weighted by Crippen LogP contribution is 2.35.